The van der Waals surface area contributed by atoms with Gasteiger partial charge in [0.05, 0.1) is 0 Å². The van der Waals surface area contributed by atoms with Gasteiger partial charge in [0.15, 0.2) is 0 Å². The van der Waals surface area contributed by atoms with Crippen molar-refractivity contribution in [2.45, 2.75) is 39.5 Å². The first-order valence-corrected chi connectivity index (χ1v) is 6.26. The Hall–Kier alpha value is -0.960. The molecule has 1 fully saturated rings. The monoisotopic (exact) mass is 219 g/mol. The molecule has 16 heavy (non-hydrogen) atoms. The molecule has 0 aromatic carbocycles. The number of nitrogens with zero attached hydrogens (tertiary/aromatic N) is 2. The predicted molar refractivity (Wildman–Crippen MR) is 65.4 cm³/mol. The van der Waals surface area contributed by atoms with E-state index < -0.39 is 0 Å². The lowest BCUT2D eigenvalue weighted by Crippen LogP contribution is -2.15. The van der Waals surface area contributed by atoms with Crippen molar-refractivity contribution in [3.8, 4) is 0 Å². The maximum atomic E-state index is 4.53. The van der Waals surface area contributed by atoms with Crippen LogP contribution in [0.1, 0.15) is 36.5 Å². The molecule has 1 aliphatic rings. The van der Waals surface area contributed by atoms with Gasteiger partial charge in [0.2, 0.25) is 0 Å². The third kappa shape index (κ3) is 3.27. The van der Waals surface area contributed by atoms with E-state index in [1.54, 1.807) is 0 Å². The summed E-state index contributed by atoms with van der Waals surface area (Å²) >= 11 is 0. The summed E-state index contributed by atoms with van der Waals surface area (Å²) in [6, 6.07) is 2.04. The van der Waals surface area contributed by atoms with Crippen molar-refractivity contribution in [3.05, 3.63) is 23.3 Å². The fourth-order valence-electron chi connectivity index (χ4n) is 2.44. The SMILES string of the molecule is Cc1cc(C)nc(CC2CCCNCC2)n1. The van der Waals surface area contributed by atoms with Gasteiger partial charge in [-0.25, -0.2) is 9.97 Å². The molecule has 1 saturated heterocycles. The molecule has 1 aromatic rings. The van der Waals surface area contributed by atoms with Crippen molar-refractivity contribution in [2.24, 2.45) is 5.92 Å². The molecule has 0 bridgehead atoms. The zero-order valence-corrected chi connectivity index (χ0v) is 10.3. The fraction of sp³-hybridized carbons (Fsp3) is 0.692. The quantitative estimate of drug-likeness (QED) is 0.827. The highest BCUT2D eigenvalue weighted by Gasteiger charge is 2.14. The van der Waals surface area contributed by atoms with Gasteiger partial charge in [0.1, 0.15) is 5.82 Å². The largest absolute Gasteiger partial charge is 0.317 e. The van der Waals surface area contributed by atoms with Crippen LogP contribution in [-0.2, 0) is 6.42 Å². The van der Waals surface area contributed by atoms with Gasteiger partial charge in [-0.05, 0) is 58.2 Å². The maximum absolute atomic E-state index is 4.53. The minimum atomic E-state index is 0.760. The summed E-state index contributed by atoms with van der Waals surface area (Å²) in [5, 5.41) is 3.44. The van der Waals surface area contributed by atoms with Crippen LogP contribution in [0.25, 0.3) is 0 Å². The summed E-state index contributed by atoms with van der Waals surface area (Å²) in [7, 11) is 0. The maximum Gasteiger partial charge on any atom is 0.129 e. The Morgan fingerprint density at radius 1 is 1.19 bits per heavy atom. The van der Waals surface area contributed by atoms with Crippen LogP contribution in [0, 0.1) is 19.8 Å². The molecular weight excluding hydrogens is 198 g/mol. The van der Waals surface area contributed by atoms with E-state index in [1.165, 1.54) is 25.8 Å². The highest BCUT2D eigenvalue weighted by atomic mass is 14.9. The zero-order valence-electron chi connectivity index (χ0n) is 10.3. The molecule has 0 aliphatic carbocycles. The lowest BCUT2D eigenvalue weighted by Gasteiger charge is -2.12. The molecular formula is C13H21N3. The van der Waals surface area contributed by atoms with E-state index >= 15 is 0 Å². The van der Waals surface area contributed by atoms with Crippen molar-refractivity contribution >= 4 is 0 Å². The van der Waals surface area contributed by atoms with E-state index in [2.05, 4.69) is 15.3 Å². The van der Waals surface area contributed by atoms with E-state index in [0.29, 0.717) is 0 Å². The van der Waals surface area contributed by atoms with Crippen LogP contribution in [0.5, 0.6) is 0 Å². The van der Waals surface area contributed by atoms with E-state index in [9.17, 15) is 0 Å². The van der Waals surface area contributed by atoms with Gasteiger partial charge in [-0.15, -0.1) is 0 Å². The standard InChI is InChI=1S/C13H21N3/c1-10-8-11(2)16-13(15-10)9-12-4-3-6-14-7-5-12/h8,12,14H,3-7,9H2,1-2H3. The molecule has 1 unspecified atom stereocenters. The van der Waals surface area contributed by atoms with Gasteiger partial charge in [-0.3, -0.25) is 0 Å². The molecule has 1 aromatic heterocycles. The Balaban J connectivity index is 2.01. The minimum absolute atomic E-state index is 0.760. The second kappa shape index (κ2) is 5.39. The molecule has 0 spiro atoms. The number of hydrogen-bond donors (Lipinski definition) is 1. The van der Waals surface area contributed by atoms with Crippen LogP contribution >= 0.6 is 0 Å². The average molecular weight is 219 g/mol. The van der Waals surface area contributed by atoms with Gasteiger partial charge in [-0.1, -0.05) is 0 Å². The molecule has 2 rings (SSSR count). The fourth-order valence-corrected chi connectivity index (χ4v) is 2.44. The first kappa shape index (κ1) is 11.5. The van der Waals surface area contributed by atoms with Crippen molar-refractivity contribution in [3.63, 3.8) is 0 Å². The van der Waals surface area contributed by atoms with Crippen LogP contribution in [-0.4, -0.2) is 23.1 Å². The van der Waals surface area contributed by atoms with Crippen LogP contribution in [0.15, 0.2) is 6.07 Å². The Morgan fingerprint density at radius 2 is 1.94 bits per heavy atom. The lowest BCUT2D eigenvalue weighted by molar-refractivity contribution is 0.458. The Morgan fingerprint density at radius 3 is 2.69 bits per heavy atom. The van der Waals surface area contributed by atoms with Crippen molar-refractivity contribution in [1.82, 2.24) is 15.3 Å². The van der Waals surface area contributed by atoms with E-state index in [-0.39, 0.29) is 0 Å². The number of nitrogens with one attached hydrogen (secondary N) is 1. The Bertz CT molecular complexity index is 321. The first-order valence-electron chi connectivity index (χ1n) is 6.26. The molecule has 3 nitrogen and oxygen atoms in total. The topological polar surface area (TPSA) is 37.8 Å². The third-order valence-corrected chi connectivity index (χ3v) is 3.20. The predicted octanol–water partition coefficient (Wildman–Crippen LogP) is 2.03. The summed E-state index contributed by atoms with van der Waals surface area (Å²) in [4.78, 5) is 9.05. The summed E-state index contributed by atoms with van der Waals surface area (Å²) < 4.78 is 0. The summed E-state index contributed by atoms with van der Waals surface area (Å²) in [5.41, 5.74) is 2.18. The van der Waals surface area contributed by atoms with Crippen molar-refractivity contribution in [2.75, 3.05) is 13.1 Å². The Labute approximate surface area is 97.7 Å². The van der Waals surface area contributed by atoms with Crippen molar-refractivity contribution < 1.29 is 0 Å². The van der Waals surface area contributed by atoms with Crippen LogP contribution in [0.2, 0.25) is 0 Å². The minimum Gasteiger partial charge on any atom is -0.317 e. The molecule has 1 aliphatic heterocycles. The molecule has 3 heteroatoms. The highest BCUT2D eigenvalue weighted by Crippen LogP contribution is 2.17. The molecule has 88 valence electrons. The molecule has 0 radical (unpaired) electrons. The average Bonchev–Trinajstić information content (AvgIpc) is 2.44. The van der Waals surface area contributed by atoms with Gasteiger partial charge in [0.25, 0.3) is 0 Å². The van der Waals surface area contributed by atoms with Crippen LogP contribution in [0.4, 0.5) is 0 Å². The number of hydrogen-bond acceptors (Lipinski definition) is 3. The van der Waals surface area contributed by atoms with E-state index in [1.807, 2.05) is 19.9 Å². The van der Waals surface area contributed by atoms with Crippen molar-refractivity contribution in [1.29, 1.82) is 0 Å². The summed E-state index contributed by atoms with van der Waals surface area (Å²) in [6.45, 7) is 6.42. The summed E-state index contributed by atoms with van der Waals surface area (Å²) in [5.74, 6) is 1.79. The number of aryl methyl sites for hydroxylation is 2. The second-order valence-corrected chi connectivity index (χ2v) is 4.82. The molecule has 1 atom stereocenters. The molecule has 0 saturated carbocycles. The highest BCUT2D eigenvalue weighted by molar-refractivity contribution is 5.08. The second-order valence-electron chi connectivity index (χ2n) is 4.82. The van der Waals surface area contributed by atoms with Gasteiger partial charge < -0.3 is 5.32 Å². The normalized spacial score (nSPS) is 21.8. The summed E-state index contributed by atoms with van der Waals surface area (Å²) in [6.07, 6.45) is 4.90. The third-order valence-electron chi connectivity index (χ3n) is 3.20. The van der Waals surface area contributed by atoms with E-state index in [4.69, 9.17) is 0 Å². The number of aromatic nitrogens is 2. The molecule has 0 amide bonds. The van der Waals surface area contributed by atoms with Crippen LogP contribution < -0.4 is 5.32 Å². The van der Waals surface area contributed by atoms with E-state index in [0.717, 1.165) is 36.1 Å². The van der Waals surface area contributed by atoms with Crippen LogP contribution in [0.3, 0.4) is 0 Å². The lowest BCUT2D eigenvalue weighted by atomic mass is 9.96. The number of rotatable bonds is 2. The molecule has 1 N–H and O–H groups in total. The molecule has 2 heterocycles. The smallest absolute Gasteiger partial charge is 0.129 e. The van der Waals surface area contributed by atoms with Gasteiger partial charge in [-0.2, -0.15) is 0 Å². The first-order chi connectivity index (χ1) is 7.74. The zero-order chi connectivity index (χ0) is 11.4. The van der Waals surface area contributed by atoms with Gasteiger partial charge >= 0.3 is 0 Å². The van der Waals surface area contributed by atoms with Gasteiger partial charge in [0, 0.05) is 17.8 Å². The Kier molecular flexibility index (Phi) is 3.88.